The molecule has 1 aromatic rings. The van der Waals surface area contributed by atoms with Crippen molar-refractivity contribution in [1.29, 1.82) is 0 Å². The van der Waals surface area contributed by atoms with E-state index >= 15 is 0 Å². The van der Waals surface area contributed by atoms with Gasteiger partial charge in [-0.15, -0.1) is 0 Å². The molecule has 1 heterocycles. The van der Waals surface area contributed by atoms with E-state index in [1.807, 2.05) is 6.20 Å². The van der Waals surface area contributed by atoms with Crippen molar-refractivity contribution in [2.24, 2.45) is 5.92 Å². The zero-order valence-corrected chi connectivity index (χ0v) is 12.7. The number of rotatable bonds is 6. The van der Waals surface area contributed by atoms with Crippen molar-refractivity contribution in [3.63, 3.8) is 0 Å². The molecule has 1 fully saturated rings. The Labute approximate surface area is 117 Å². The third-order valence-electron chi connectivity index (χ3n) is 4.24. The highest BCUT2D eigenvalue weighted by Crippen LogP contribution is 2.36. The number of aromatic nitrogens is 2. The molecule has 3 heteroatoms. The molecule has 19 heavy (non-hydrogen) atoms. The zero-order chi connectivity index (χ0) is 13.7. The van der Waals surface area contributed by atoms with Crippen molar-refractivity contribution in [2.45, 2.75) is 71.4 Å². The first-order valence-electron chi connectivity index (χ1n) is 7.96. The summed E-state index contributed by atoms with van der Waals surface area (Å²) in [6, 6.07) is 0.581. The van der Waals surface area contributed by atoms with Gasteiger partial charge in [0, 0.05) is 30.9 Å². The average Bonchev–Trinajstić information content (AvgIpc) is 2.85. The van der Waals surface area contributed by atoms with Crippen LogP contribution >= 0.6 is 0 Å². The first-order valence-corrected chi connectivity index (χ1v) is 7.96. The van der Waals surface area contributed by atoms with Gasteiger partial charge in [0.1, 0.15) is 5.82 Å². The smallest absolute Gasteiger partial charge is 0.112 e. The second kappa shape index (κ2) is 7.09. The average molecular weight is 263 g/mol. The maximum absolute atomic E-state index is 4.67. The number of nitrogens with zero attached hydrogens (tertiary/aromatic N) is 2. The van der Waals surface area contributed by atoms with Crippen LogP contribution in [0.15, 0.2) is 12.4 Å². The lowest BCUT2D eigenvalue weighted by Gasteiger charge is -2.32. The van der Waals surface area contributed by atoms with Crippen molar-refractivity contribution < 1.29 is 0 Å². The number of aryl methyl sites for hydroxylation is 1. The summed E-state index contributed by atoms with van der Waals surface area (Å²) >= 11 is 0. The monoisotopic (exact) mass is 263 g/mol. The van der Waals surface area contributed by atoms with Gasteiger partial charge in [-0.3, -0.25) is 0 Å². The number of hydrogen-bond donors (Lipinski definition) is 1. The van der Waals surface area contributed by atoms with E-state index in [0.717, 1.165) is 19.0 Å². The molecule has 1 aromatic heterocycles. The molecule has 2 atom stereocenters. The summed E-state index contributed by atoms with van der Waals surface area (Å²) in [5, 5.41) is 3.62. The van der Waals surface area contributed by atoms with Crippen LogP contribution in [0, 0.1) is 5.92 Å². The second-order valence-corrected chi connectivity index (χ2v) is 6.19. The second-order valence-electron chi connectivity index (χ2n) is 6.19. The van der Waals surface area contributed by atoms with Crippen LogP contribution in [0.3, 0.4) is 0 Å². The number of hydrogen-bond acceptors (Lipinski definition) is 2. The van der Waals surface area contributed by atoms with Crippen LogP contribution in [0.2, 0.25) is 0 Å². The van der Waals surface area contributed by atoms with E-state index in [1.54, 1.807) is 0 Å². The molecule has 3 nitrogen and oxygen atoms in total. The lowest BCUT2D eigenvalue weighted by atomic mass is 9.78. The lowest BCUT2D eigenvalue weighted by molar-refractivity contribution is 0.275. The van der Waals surface area contributed by atoms with Crippen LogP contribution in [0.5, 0.6) is 0 Å². The van der Waals surface area contributed by atoms with Gasteiger partial charge in [0.05, 0.1) is 0 Å². The maximum Gasteiger partial charge on any atom is 0.112 e. The molecule has 0 radical (unpaired) electrons. The van der Waals surface area contributed by atoms with Crippen LogP contribution < -0.4 is 5.32 Å². The maximum atomic E-state index is 4.67. The highest BCUT2D eigenvalue weighted by molar-refractivity contribution is 5.04. The predicted octanol–water partition coefficient (Wildman–Crippen LogP) is 3.56. The lowest BCUT2D eigenvalue weighted by Crippen LogP contribution is -2.34. The normalized spacial score (nSPS) is 24.0. The summed E-state index contributed by atoms with van der Waals surface area (Å²) in [4.78, 5) is 4.67. The Bertz CT molecular complexity index is 370. The SMILES string of the molecule is CCCn1ccnc1C1CCCCC1CNC(C)C. The molecule has 0 saturated heterocycles. The van der Waals surface area contributed by atoms with Crippen LogP contribution in [-0.4, -0.2) is 22.1 Å². The summed E-state index contributed by atoms with van der Waals surface area (Å²) in [6.07, 6.45) is 10.7. The van der Waals surface area contributed by atoms with Crippen LogP contribution in [-0.2, 0) is 6.54 Å². The van der Waals surface area contributed by atoms with E-state index in [1.165, 1.54) is 37.9 Å². The molecule has 0 amide bonds. The van der Waals surface area contributed by atoms with Gasteiger partial charge >= 0.3 is 0 Å². The molecule has 1 N–H and O–H groups in total. The minimum atomic E-state index is 0.581. The molecule has 0 aromatic carbocycles. The molecule has 0 aliphatic heterocycles. The molecule has 108 valence electrons. The van der Waals surface area contributed by atoms with Crippen LogP contribution in [0.1, 0.15) is 64.6 Å². The van der Waals surface area contributed by atoms with E-state index in [2.05, 4.69) is 41.8 Å². The van der Waals surface area contributed by atoms with E-state index in [9.17, 15) is 0 Å². The van der Waals surface area contributed by atoms with Crippen LogP contribution in [0.25, 0.3) is 0 Å². The molecular weight excluding hydrogens is 234 g/mol. The fourth-order valence-electron chi connectivity index (χ4n) is 3.26. The standard InChI is InChI=1S/C16H29N3/c1-4-10-19-11-9-17-16(19)15-8-6-5-7-14(15)12-18-13(2)3/h9,11,13-15,18H,4-8,10,12H2,1-3H3. The third-order valence-corrected chi connectivity index (χ3v) is 4.24. The summed E-state index contributed by atoms with van der Waals surface area (Å²) in [5.41, 5.74) is 0. The van der Waals surface area contributed by atoms with Crippen molar-refractivity contribution in [3.8, 4) is 0 Å². The Morgan fingerprint density at radius 1 is 1.37 bits per heavy atom. The van der Waals surface area contributed by atoms with E-state index < -0.39 is 0 Å². The van der Waals surface area contributed by atoms with Crippen molar-refractivity contribution >= 4 is 0 Å². The Kier molecular flexibility index (Phi) is 5.44. The van der Waals surface area contributed by atoms with Gasteiger partial charge in [-0.1, -0.05) is 33.6 Å². The Morgan fingerprint density at radius 2 is 2.16 bits per heavy atom. The largest absolute Gasteiger partial charge is 0.335 e. The summed E-state index contributed by atoms with van der Waals surface area (Å²) in [5.74, 6) is 2.74. The Morgan fingerprint density at radius 3 is 2.89 bits per heavy atom. The van der Waals surface area contributed by atoms with Crippen molar-refractivity contribution in [3.05, 3.63) is 18.2 Å². The molecule has 1 aliphatic rings. The van der Waals surface area contributed by atoms with E-state index in [0.29, 0.717) is 12.0 Å². The van der Waals surface area contributed by atoms with E-state index in [4.69, 9.17) is 0 Å². The number of imidazole rings is 1. The van der Waals surface area contributed by atoms with Gasteiger partial charge in [0.2, 0.25) is 0 Å². The molecule has 2 rings (SSSR count). The minimum Gasteiger partial charge on any atom is -0.335 e. The summed E-state index contributed by atoms with van der Waals surface area (Å²) in [7, 11) is 0. The first-order chi connectivity index (χ1) is 9.22. The Hall–Kier alpha value is -0.830. The number of nitrogens with one attached hydrogen (secondary N) is 1. The first kappa shape index (κ1) is 14.6. The quantitative estimate of drug-likeness (QED) is 0.850. The van der Waals surface area contributed by atoms with Gasteiger partial charge in [-0.25, -0.2) is 4.98 Å². The third kappa shape index (κ3) is 3.82. The van der Waals surface area contributed by atoms with Crippen LogP contribution in [0.4, 0.5) is 0 Å². The fraction of sp³-hybridized carbons (Fsp3) is 0.812. The highest BCUT2D eigenvalue weighted by atomic mass is 15.1. The van der Waals surface area contributed by atoms with Gasteiger partial charge in [0.25, 0.3) is 0 Å². The minimum absolute atomic E-state index is 0.581. The van der Waals surface area contributed by atoms with Gasteiger partial charge in [0.15, 0.2) is 0 Å². The highest BCUT2D eigenvalue weighted by Gasteiger charge is 2.29. The van der Waals surface area contributed by atoms with Crippen molar-refractivity contribution in [1.82, 2.24) is 14.9 Å². The Balaban J connectivity index is 2.07. The molecular formula is C16H29N3. The summed E-state index contributed by atoms with van der Waals surface area (Å²) in [6.45, 7) is 8.95. The zero-order valence-electron chi connectivity index (χ0n) is 12.7. The molecule has 0 spiro atoms. The van der Waals surface area contributed by atoms with Gasteiger partial charge in [-0.2, -0.15) is 0 Å². The van der Waals surface area contributed by atoms with Crippen molar-refractivity contribution in [2.75, 3.05) is 6.54 Å². The van der Waals surface area contributed by atoms with Gasteiger partial charge in [-0.05, 0) is 31.7 Å². The molecule has 2 unspecified atom stereocenters. The topological polar surface area (TPSA) is 29.9 Å². The van der Waals surface area contributed by atoms with E-state index in [-0.39, 0.29) is 0 Å². The predicted molar refractivity (Wildman–Crippen MR) is 80.4 cm³/mol. The fourth-order valence-corrected chi connectivity index (χ4v) is 3.26. The van der Waals surface area contributed by atoms with Gasteiger partial charge < -0.3 is 9.88 Å². The molecule has 1 aliphatic carbocycles. The molecule has 1 saturated carbocycles. The molecule has 0 bridgehead atoms. The summed E-state index contributed by atoms with van der Waals surface area (Å²) < 4.78 is 2.37.